The quantitative estimate of drug-likeness (QED) is 0.547. The van der Waals surface area contributed by atoms with Crippen molar-refractivity contribution in [2.75, 3.05) is 16.3 Å². The number of anilines is 2. The van der Waals surface area contributed by atoms with Gasteiger partial charge in [-0.3, -0.25) is 9.59 Å². The smallest absolute Gasteiger partial charge is 0.232 e. The Morgan fingerprint density at radius 2 is 1.87 bits per heavy atom. The van der Waals surface area contributed by atoms with Crippen LogP contribution in [0.4, 0.5) is 11.4 Å². The molecule has 30 heavy (non-hydrogen) atoms. The molecule has 1 aromatic heterocycles. The maximum absolute atomic E-state index is 13.6. The van der Waals surface area contributed by atoms with Crippen molar-refractivity contribution in [1.29, 1.82) is 0 Å². The molecule has 1 saturated heterocycles. The molecule has 0 spiro atoms. The number of nitrogens with zero attached hydrogens (tertiary/aromatic N) is 3. The molecule has 0 aliphatic carbocycles. The Morgan fingerprint density at radius 1 is 1.17 bits per heavy atom. The Kier molecular flexibility index (Phi) is 5.72. The third-order valence-electron chi connectivity index (χ3n) is 5.45. The van der Waals surface area contributed by atoms with Gasteiger partial charge in [-0.25, -0.2) is 0 Å². The molecule has 1 aliphatic heterocycles. The molecule has 4 rings (SSSR count). The van der Waals surface area contributed by atoms with Crippen molar-refractivity contribution in [3.05, 3.63) is 76.1 Å². The molecule has 2 heterocycles. The molecule has 1 fully saturated rings. The molecule has 0 radical (unpaired) electrons. The van der Waals surface area contributed by atoms with Gasteiger partial charge in [0.15, 0.2) is 0 Å². The van der Waals surface area contributed by atoms with E-state index in [-0.39, 0.29) is 18.2 Å². The van der Waals surface area contributed by atoms with Crippen LogP contribution in [0, 0.1) is 19.8 Å². The van der Waals surface area contributed by atoms with Crippen LogP contribution >= 0.6 is 15.9 Å². The summed E-state index contributed by atoms with van der Waals surface area (Å²) in [5, 5.41) is 4.01. The number of halogens is 1. The molecular weight excluding hydrogens is 446 g/mol. The van der Waals surface area contributed by atoms with E-state index in [1.807, 2.05) is 68.4 Å². The van der Waals surface area contributed by atoms with E-state index >= 15 is 0 Å². The second-order valence-corrected chi connectivity index (χ2v) is 8.27. The summed E-state index contributed by atoms with van der Waals surface area (Å²) in [6, 6.07) is 17.1. The Morgan fingerprint density at radius 3 is 2.53 bits per heavy atom. The molecule has 1 atom stereocenters. The van der Waals surface area contributed by atoms with Crippen LogP contribution in [0.2, 0.25) is 0 Å². The number of rotatable bonds is 5. The van der Waals surface area contributed by atoms with E-state index < -0.39 is 5.92 Å². The average Bonchev–Trinajstić information content (AvgIpc) is 3.29. The Bertz CT molecular complexity index is 1060. The van der Waals surface area contributed by atoms with Gasteiger partial charge in [-0.05, 0) is 54.0 Å². The minimum absolute atomic E-state index is 0.0504. The lowest BCUT2D eigenvalue weighted by atomic mass is 10.1. The predicted molar refractivity (Wildman–Crippen MR) is 118 cm³/mol. The van der Waals surface area contributed by atoms with Crippen molar-refractivity contribution in [2.24, 2.45) is 5.92 Å². The summed E-state index contributed by atoms with van der Waals surface area (Å²) in [6.07, 6.45) is 0.186. The third-order valence-corrected chi connectivity index (χ3v) is 6.12. The van der Waals surface area contributed by atoms with Crippen molar-refractivity contribution < 1.29 is 14.1 Å². The van der Waals surface area contributed by atoms with E-state index in [0.29, 0.717) is 18.8 Å². The largest absolute Gasteiger partial charge is 0.361 e. The van der Waals surface area contributed by atoms with Crippen molar-refractivity contribution in [3.8, 4) is 0 Å². The van der Waals surface area contributed by atoms with Gasteiger partial charge in [0.05, 0.1) is 23.8 Å². The molecule has 2 aromatic carbocycles. The lowest BCUT2D eigenvalue weighted by molar-refractivity contribution is -0.124. The summed E-state index contributed by atoms with van der Waals surface area (Å²) in [7, 11) is 0. The number of aromatic nitrogens is 1. The predicted octanol–water partition coefficient (Wildman–Crippen LogP) is 4.64. The Balaban J connectivity index is 1.62. The van der Waals surface area contributed by atoms with Crippen LogP contribution in [0.5, 0.6) is 0 Å². The summed E-state index contributed by atoms with van der Waals surface area (Å²) in [5.74, 6) is 0.138. The molecule has 0 saturated carbocycles. The van der Waals surface area contributed by atoms with Crippen LogP contribution < -0.4 is 9.80 Å². The highest BCUT2D eigenvalue weighted by Crippen LogP contribution is 2.33. The van der Waals surface area contributed by atoms with E-state index in [1.165, 1.54) is 0 Å². The van der Waals surface area contributed by atoms with Gasteiger partial charge < -0.3 is 14.3 Å². The first-order valence-corrected chi connectivity index (χ1v) is 10.6. The first-order valence-electron chi connectivity index (χ1n) is 9.78. The van der Waals surface area contributed by atoms with Crippen molar-refractivity contribution in [1.82, 2.24) is 5.16 Å². The number of aryl methyl sites for hydroxylation is 2. The molecule has 1 aliphatic rings. The monoisotopic (exact) mass is 467 g/mol. The normalized spacial score (nSPS) is 16.2. The summed E-state index contributed by atoms with van der Waals surface area (Å²) in [5.41, 5.74) is 3.22. The SMILES string of the molecule is Cc1noc(C)c1CN(C(=O)C1CC(=O)N(c2ccccc2Br)C1)c1ccccc1. The molecule has 2 amide bonds. The number of carbonyl (C=O) groups is 2. The van der Waals surface area contributed by atoms with Crippen LogP contribution in [0.25, 0.3) is 0 Å². The fourth-order valence-corrected chi connectivity index (χ4v) is 4.29. The molecule has 0 N–H and O–H groups in total. The second kappa shape index (κ2) is 8.44. The maximum Gasteiger partial charge on any atom is 0.232 e. The topological polar surface area (TPSA) is 66.7 Å². The lowest BCUT2D eigenvalue weighted by Gasteiger charge is -2.26. The third kappa shape index (κ3) is 3.89. The highest BCUT2D eigenvalue weighted by Gasteiger charge is 2.38. The lowest BCUT2D eigenvalue weighted by Crippen LogP contribution is -2.37. The van der Waals surface area contributed by atoms with Gasteiger partial charge in [-0.1, -0.05) is 35.5 Å². The zero-order valence-corrected chi connectivity index (χ0v) is 18.4. The van der Waals surface area contributed by atoms with E-state index in [4.69, 9.17) is 4.52 Å². The van der Waals surface area contributed by atoms with Crippen LogP contribution in [0.15, 0.2) is 63.6 Å². The van der Waals surface area contributed by atoms with Gasteiger partial charge in [0.25, 0.3) is 0 Å². The fraction of sp³-hybridized carbons (Fsp3) is 0.261. The molecule has 154 valence electrons. The highest BCUT2D eigenvalue weighted by molar-refractivity contribution is 9.10. The van der Waals surface area contributed by atoms with E-state index in [9.17, 15) is 9.59 Å². The van der Waals surface area contributed by atoms with Crippen LogP contribution in [-0.2, 0) is 16.1 Å². The van der Waals surface area contributed by atoms with Crippen LogP contribution in [0.3, 0.4) is 0 Å². The number of hydrogen-bond donors (Lipinski definition) is 0. The number of amides is 2. The Labute approximate surface area is 183 Å². The first-order chi connectivity index (χ1) is 14.5. The molecule has 6 nitrogen and oxygen atoms in total. The standard InChI is InChI=1S/C23H22BrN3O3/c1-15-19(16(2)30-25-15)14-26(18-8-4-3-5-9-18)23(29)17-12-22(28)27(13-17)21-11-7-6-10-20(21)24/h3-11,17H,12-14H2,1-2H3. The van der Waals surface area contributed by atoms with E-state index in [1.54, 1.807) is 9.80 Å². The summed E-state index contributed by atoms with van der Waals surface area (Å²) in [4.78, 5) is 29.7. The molecule has 1 unspecified atom stereocenters. The van der Waals surface area contributed by atoms with Gasteiger partial charge >= 0.3 is 0 Å². The minimum atomic E-state index is -0.426. The fourth-order valence-electron chi connectivity index (χ4n) is 3.79. The molecule has 0 bridgehead atoms. The summed E-state index contributed by atoms with van der Waals surface area (Å²) < 4.78 is 6.12. The van der Waals surface area contributed by atoms with Crippen molar-refractivity contribution in [3.63, 3.8) is 0 Å². The minimum Gasteiger partial charge on any atom is -0.361 e. The van der Waals surface area contributed by atoms with Gasteiger partial charge in [0, 0.05) is 28.7 Å². The van der Waals surface area contributed by atoms with Crippen LogP contribution in [-0.4, -0.2) is 23.5 Å². The van der Waals surface area contributed by atoms with Crippen molar-refractivity contribution in [2.45, 2.75) is 26.8 Å². The molecule has 7 heteroatoms. The number of hydrogen-bond acceptors (Lipinski definition) is 4. The average molecular weight is 468 g/mol. The second-order valence-electron chi connectivity index (χ2n) is 7.42. The van der Waals surface area contributed by atoms with Gasteiger partial charge in [0.2, 0.25) is 11.8 Å². The number of para-hydroxylation sites is 2. The maximum atomic E-state index is 13.6. The van der Waals surface area contributed by atoms with Gasteiger partial charge in [-0.2, -0.15) is 0 Å². The van der Waals surface area contributed by atoms with E-state index in [2.05, 4.69) is 21.1 Å². The Hall–Kier alpha value is -2.93. The zero-order valence-electron chi connectivity index (χ0n) is 16.8. The first kappa shape index (κ1) is 20.3. The zero-order chi connectivity index (χ0) is 21.3. The van der Waals surface area contributed by atoms with Gasteiger partial charge in [-0.15, -0.1) is 0 Å². The number of carbonyl (C=O) groups excluding carboxylic acids is 2. The summed E-state index contributed by atoms with van der Waals surface area (Å²) >= 11 is 3.51. The molecular formula is C23H22BrN3O3. The van der Waals surface area contributed by atoms with Crippen molar-refractivity contribution >= 4 is 39.1 Å². The molecule has 3 aromatic rings. The van der Waals surface area contributed by atoms with E-state index in [0.717, 1.165) is 27.1 Å². The summed E-state index contributed by atoms with van der Waals surface area (Å²) in [6.45, 7) is 4.42. The van der Waals surface area contributed by atoms with Gasteiger partial charge in [0.1, 0.15) is 5.76 Å². The highest BCUT2D eigenvalue weighted by atomic mass is 79.9. The van der Waals surface area contributed by atoms with Crippen LogP contribution in [0.1, 0.15) is 23.4 Å². The number of benzene rings is 2.